The Bertz CT molecular complexity index is 326. The standard InChI is InChI=1S/C11H18N4/c1-8-2-3-11(5-8)6-9(7-11)4-10-12-14-15-13-10/h8-9H,2-7H2,1H3,(H,12,13,14,15). The van der Waals surface area contributed by atoms with E-state index < -0.39 is 0 Å². The fraction of sp³-hybridized carbons (Fsp3) is 0.909. The van der Waals surface area contributed by atoms with E-state index in [0.29, 0.717) is 5.41 Å². The van der Waals surface area contributed by atoms with Gasteiger partial charge in [0.1, 0.15) is 0 Å². The van der Waals surface area contributed by atoms with Crippen molar-refractivity contribution >= 4 is 0 Å². The van der Waals surface area contributed by atoms with E-state index in [4.69, 9.17) is 0 Å². The summed E-state index contributed by atoms with van der Waals surface area (Å²) in [6, 6.07) is 0. The molecule has 4 heteroatoms. The van der Waals surface area contributed by atoms with Crippen molar-refractivity contribution in [3.05, 3.63) is 5.82 Å². The van der Waals surface area contributed by atoms with Crippen LogP contribution in [0.25, 0.3) is 0 Å². The molecular formula is C11H18N4. The molecule has 1 spiro atoms. The molecular weight excluding hydrogens is 188 g/mol. The van der Waals surface area contributed by atoms with E-state index in [0.717, 1.165) is 24.1 Å². The van der Waals surface area contributed by atoms with Gasteiger partial charge < -0.3 is 0 Å². The number of tetrazole rings is 1. The van der Waals surface area contributed by atoms with Crippen LogP contribution in [-0.2, 0) is 6.42 Å². The van der Waals surface area contributed by atoms with Crippen LogP contribution in [0.1, 0.15) is 44.9 Å². The maximum Gasteiger partial charge on any atom is 0.174 e. The summed E-state index contributed by atoms with van der Waals surface area (Å²) >= 11 is 0. The zero-order valence-corrected chi connectivity index (χ0v) is 9.24. The quantitative estimate of drug-likeness (QED) is 0.804. The fourth-order valence-corrected chi connectivity index (χ4v) is 3.70. The van der Waals surface area contributed by atoms with E-state index in [2.05, 4.69) is 27.5 Å². The predicted octanol–water partition coefficient (Wildman–Crippen LogP) is 1.96. The first-order valence-corrected chi connectivity index (χ1v) is 5.98. The molecule has 1 N–H and O–H groups in total. The van der Waals surface area contributed by atoms with Gasteiger partial charge in [0.2, 0.25) is 0 Å². The van der Waals surface area contributed by atoms with E-state index in [1.54, 1.807) is 0 Å². The molecule has 1 aromatic rings. The zero-order chi connectivity index (χ0) is 10.3. The molecule has 2 saturated carbocycles. The maximum atomic E-state index is 4.02. The van der Waals surface area contributed by atoms with E-state index >= 15 is 0 Å². The summed E-state index contributed by atoms with van der Waals surface area (Å²) in [5.74, 6) is 2.66. The van der Waals surface area contributed by atoms with Gasteiger partial charge in [-0.2, -0.15) is 5.21 Å². The molecule has 2 aliphatic rings. The van der Waals surface area contributed by atoms with E-state index in [9.17, 15) is 0 Å². The second-order valence-corrected chi connectivity index (χ2v) is 5.65. The van der Waals surface area contributed by atoms with Crippen LogP contribution in [0.5, 0.6) is 0 Å². The lowest BCUT2D eigenvalue weighted by Crippen LogP contribution is -2.36. The zero-order valence-electron chi connectivity index (χ0n) is 9.24. The maximum absolute atomic E-state index is 4.02. The van der Waals surface area contributed by atoms with Gasteiger partial charge in [-0.1, -0.05) is 18.6 Å². The number of nitrogens with one attached hydrogen (secondary N) is 1. The number of hydrogen-bond acceptors (Lipinski definition) is 3. The first-order chi connectivity index (χ1) is 7.26. The number of aromatic amines is 1. The molecule has 1 atom stereocenters. The van der Waals surface area contributed by atoms with Crippen LogP contribution in [0, 0.1) is 17.3 Å². The van der Waals surface area contributed by atoms with Crippen LogP contribution < -0.4 is 0 Å². The van der Waals surface area contributed by atoms with Gasteiger partial charge in [-0.15, -0.1) is 10.2 Å². The van der Waals surface area contributed by atoms with Crippen molar-refractivity contribution in [2.45, 2.75) is 45.4 Å². The molecule has 1 heterocycles. The van der Waals surface area contributed by atoms with Crippen molar-refractivity contribution in [2.75, 3.05) is 0 Å². The molecule has 1 aromatic heterocycles. The highest BCUT2D eigenvalue weighted by Crippen LogP contribution is 2.58. The molecule has 0 radical (unpaired) electrons. The van der Waals surface area contributed by atoms with Crippen LogP contribution in [-0.4, -0.2) is 20.6 Å². The van der Waals surface area contributed by atoms with E-state index in [-0.39, 0.29) is 0 Å². The van der Waals surface area contributed by atoms with Gasteiger partial charge in [-0.05, 0) is 42.9 Å². The molecule has 0 bridgehead atoms. The van der Waals surface area contributed by atoms with Crippen molar-refractivity contribution in [3.63, 3.8) is 0 Å². The molecule has 4 nitrogen and oxygen atoms in total. The number of H-pyrrole nitrogens is 1. The predicted molar refractivity (Wildman–Crippen MR) is 56.1 cm³/mol. The SMILES string of the molecule is CC1CCC2(C1)CC(Cc1nn[nH]n1)C2. The summed E-state index contributed by atoms with van der Waals surface area (Å²) in [4.78, 5) is 0. The minimum atomic E-state index is 0.716. The molecule has 82 valence electrons. The topological polar surface area (TPSA) is 54.5 Å². The number of aromatic nitrogens is 4. The monoisotopic (exact) mass is 206 g/mol. The fourth-order valence-electron chi connectivity index (χ4n) is 3.70. The number of hydrogen-bond donors (Lipinski definition) is 1. The Kier molecular flexibility index (Phi) is 2.04. The van der Waals surface area contributed by atoms with E-state index in [1.807, 2.05) is 0 Å². The second-order valence-electron chi connectivity index (χ2n) is 5.65. The lowest BCUT2D eigenvalue weighted by molar-refractivity contribution is 0.0574. The summed E-state index contributed by atoms with van der Waals surface area (Å²) in [6.07, 6.45) is 8.16. The van der Waals surface area contributed by atoms with Crippen LogP contribution in [0.2, 0.25) is 0 Å². The summed E-state index contributed by atoms with van der Waals surface area (Å²) in [7, 11) is 0. The van der Waals surface area contributed by atoms with Crippen molar-refractivity contribution in [1.82, 2.24) is 20.6 Å². The minimum absolute atomic E-state index is 0.716. The van der Waals surface area contributed by atoms with Crippen LogP contribution >= 0.6 is 0 Å². The van der Waals surface area contributed by atoms with Crippen molar-refractivity contribution in [1.29, 1.82) is 0 Å². The van der Waals surface area contributed by atoms with Gasteiger partial charge in [0.05, 0.1) is 0 Å². The van der Waals surface area contributed by atoms with Gasteiger partial charge in [0.15, 0.2) is 5.82 Å². The molecule has 1 unspecified atom stereocenters. The summed E-state index contributed by atoms with van der Waals surface area (Å²) in [5, 5.41) is 14.2. The first kappa shape index (κ1) is 9.31. The Balaban J connectivity index is 1.54. The molecule has 0 aliphatic heterocycles. The smallest absolute Gasteiger partial charge is 0.174 e. The average Bonchev–Trinajstić information content (AvgIpc) is 2.74. The highest BCUT2D eigenvalue weighted by atomic mass is 15.5. The Morgan fingerprint density at radius 3 is 2.87 bits per heavy atom. The summed E-state index contributed by atoms with van der Waals surface area (Å²) in [6.45, 7) is 2.39. The number of nitrogens with zero attached hydrogens (tertiary/aromatic N) is 3. The molecule has 2 fully saturated rings. The molecule has 3 rings (SSSR count). The normalized spacial score (nSPS) is 39.5. The van der Waals surface area contributed by atoms with Crippen molar-refractivity contribution in [2.24, 2.45) is 17.3 Å². The van der Waals surface area contributed by atoms with Crippen LogP contribution in [0.3, 0.4) is 0 Å². The molecule has 0 aromatic carbocycles. The molecule has 2 aliphatic carbocycles. The van der Waals surface area contributed by atoms with Gasteiger partial charge >= 0.3 is 0 Å². The Labute approximate surface area is 89.8 Å². The third kappa shape index (κ3) is 1.66. The van der Waals surface area contributed by atoms with Crippen molar-refractivity contribution in [3.8, 4) is 0 Å². The van der Waals surface area contributed by atoms with Gasteiger partial charge in [-0.25, -0.2) is 0 Å². The molecule has 0 saturated heterocycles. The Morgan fingerprint density at radius 2 is 2.27 bits per heavy atom. The number of rotatable bonds is 2. The van der Waals surface area contributed by atoms with Gasteiger partial charge in [-0.3, -0.25) is 0 Å². The third-order valence-electron chi connectivity index (χ3n) is 4.25. The van der Waals surface area contributed by atoms with Crippen LogP contribution in [0.15, 0.2) is 0 Å². The second kappa shape index (κ2) is 3.29. The average molecular weight is 206 g/mol. The molecule has 0 amide bonds. The Morgan fingerprint density at radius 1 is 1.40 bits per heavy atom. The van der Waals surface area contributed by atoms with Gasteiger partial charge in [0, 0.05) is 6.42 Å². The Hall–Kier alpha value is -0.930. The largest absolute Gasteiger partial charge is 0.177 e. The van der Waals surface area contributed by atoms with Gasteiger partial charge in [0.25, 0.3) is 0 Å². The van der Waals surface area contributed by atoms with Crippen molar-refractivity contribution < 1.29 is 0 Å². The highest BCUT2D eigenvalue weighted by molar-refractivity contribution is 5.00. The summed E-state index contributed by atoms with van der Waals surface area (Å²) in [5.41, 5.74) is 0.716. The lowest BCUT2D eigenvalue weighted by atomic mass is 9.60. The highest BCUT2D eigenvalue weighted by Gasteiger charge is 2.47. The molecule has 15 heavy (non-hydrogen) atoms. The van der Waals surface area contributed by atoms with E-state index in [1.165, 1.54) is 32.1 Å². The van der Waals surface area contributed by atoms with Crippen LogP contribution in [0.4, 0.5) is 0 Å². The lowest BCUT2D eigenvalue weighted by Gasteiger charge is -2.45. The first-order valence-electron chi connectivity index (χ1n) is 5.98. The third-order valence-corrected chi connectivity index (χ3v) is 4.25. The summed E-state index contributed by atoms with van der Waals surface area (Å²) < 4.78 is 0. The minimum Gasteiger partial charge on any atom is -0.177 e.